The van der Waals surface area contributed by atoms with Crippen molar-refractivity contribution in [3.8, 4) is 11.4 Å². The molecular weight excluding hydrogens is 398 g/mol. The third kappa shape index (κ3) is 5.07. The molecule has 1 aliphatic heterocycles. The van der Waals surface area contributed by atoms with Crippen LogP contribution in [-0.4, -0.2) is 52.6 Å². The fourth-order valence-corrected chi connectivity index (χ4v) is 3.68. The van der Waals surface area contributed by atoms with Gasteiger partial charge in [0.1, 0.15) is 17.3 Å². The number of hydrogen-bond donors (Lipinski definition) is 1. The van der Waals surface area contributed by atoms with E-state index >= 15 is 0 Å². The third-order valence-electron chi connectivity index (χ3n) is 5.22. The summed E-state index contributed by atoms with van der Waals surface area (Å²) in [6.45, 7) is 7.45. The zero-order chi connectivity index (χ0) is 21.8. The van der Waals surface area contributed by atoms with Crippen molar-refractivity contribution in [3.05, 3.63) is 69.8 Å². The number of aryl methyl sites for hydroxylation is 2. The molecule has 0 saturated carbocycles. The number of morpholine rings is 1. The number of ether oxygens (including phenoxy) is 1. The second kappa shape index (κ2) is 9.23. The van der Waals surface area contributed by atoms with Crippen LogP contribution in [0.3, 0.4) is 0 Å². The van der Waals surface area contributed by atoms with Crippen molar-refractivity contribution in [2.75, 3.05) is 38.2 Å². The van der Waals surface area contributed by atoms with Gasteiger partial charge in [-0.05, 0) is 26.0 Å². The maximum absolute atomic E-state index is 11.1. The Morgan fingerprint density at radius 1 is 1.16 bits per heavy atom. The van der Waals surface area contributed by atoms with E-state index in [1.54, 1.807) is 12.1 Å². The van der Waals surface area contributed by atoms with Crippen molar-refractivity contribution in [1.29, 1.82) is 0 Å². The van der Waals surface area contributed by atoms with Gasteiger partial charge in [-0.15, -0.1) is 0 Å². The van der Waals surface area contributed by atoms with E-state index in [1.807, 2.05) is 32.0 Å². The number of non-ortho nitro benzene ring substituents is 1. The number of hydrogen-bond acceptors (Lipinski definition) is 8. The zero-order valence-electron chi connectivity index (χ0n) is 17.6. The summed E-state index contributed by atoms with van der Waals surface area (Å²) in [7, 11) is 0. The highest BCUT2D eigenvalue weighted by molar-refractivity contribution is 5.61. The van der Waals surface area contributed by atoms with E-state index in [1.165, 1.54) is 12.1 Å². The minimum atomic E-state index is -0.420. The lowest BCUT2D eigenvalue weighted by atomic mass is 10.1. The Kier molecular flexibility index (Phi) is 6.24. The molecular formula is C22H25N5O4. The summed E-state index contributed by atoms with van der Waals surface area (Å²) in [4.78, 5) is 22.1. The molecule has 1 aliphatic rings. The van der Waals surface area contributed by atoms with E-state index in [0.29, 0.717) is 37.0 Å². The predicted octanol–water partition coefficient (Wildman–Crippen LogP) is 3.75. The Morgan fingerprint density at radius 2 is 1.97 bits per heavy atom. The first-order valence-electron chi connectivity index (χ1n) is 10.2. The normalized spacial score (nSPS) is 15.5. The van der Waals surface area contributed by atoms with Crippen LogP contribution in [0.15, 0.2) is 46.9 Å². The number of nitrogens with zero attached hydrogens (tertiary/aromatic N) is 4. The van der Waals surface area contributed by atoms with Crippen LogP contribution < -0.4 is 5.32 Å². The van der Waals surface area contributed by atoms with Crippen LogP contribution in [0.25, 0.3) is 11.4 Å². The molecule has 0 aliphatic carbocycles. The van der Waals surface area contributed by atoms with E-state index in [9.17, 15) is 10.1 Å². The molecule has 1 saturated heterocycles. The molecule has 31 heavy (non-hydrogen) atoms. The SMILES string of the molecule is Cc1cc(NC[C@@H](c2ccc(C)o2)N2CCOCC2)nc(-c2cccc([N+](=O)[O-])c2)n1. The van der Waals surface area contributed by atoms with Crippen LogP contribution in [0.5, 0.6) is 0 Å². The minimum absolute atomic E-state index is 0.0117. The van der Waals surface area contributed by atoms with Crippen molar-refractivity contribution in [2.45, 2.75) is 19.9 Å². The molecule has 1 atom stereocenters. The van der Waals surface area contributed by atoms with Crippen LogP contribution in [0.1, 0.15) is 23.3 Å². The van der Waals surface area contributed by atoms with Crippen molar-refractivity contribution < 1.29 is 14.1 Å². The summed E-state index contributed by atoms with van der Waals surface area (Å²) in [5.74, 6) is 2.88. The lowest BCUT2D eigenvalue weighted by Gasteiger charge is -2.33. The van der Waals surface area contributed by atoms with Gasteiger partial charge in [0.15, 0.2) is 5.82 Å². The molecule has 9 nitrogen and oxygen atoms in total. The summed E-state index contributed by atoms with van der Waals surface area (Å²) >= 11 is 0. The van der Waals surface area contributed by atoms with Gasteiger partial charge in [-0.3, -0.25) is 15.0 Å². The Morgan fingerprint density at radius 3 is 2.68 bits per heavy atom. The molecule has 1 aromatic carbocycles. The maximum Gasteiger partial charge on any atom is 0.270 e. The van der Waals surface area contributed by atoms with Gasteiger partial charge in [0, 0.05) is 49.1 Å². The van der Waals surface area contributed by atoms with E-state index < -0.39 is 4.92 Å². The first kappa shape index (κ1) is 21.0. The van der Waals surface area contributed by atoms with Crippen LogP contribution >= 0.6 is 0 Å². The smallest absolute Gasteiger partial charge is 0.270 e. The van der Waals surface area contributed by atoms with E-state index in [0.717, 1.165) is 30.3 Å². The second-order valence-corrected chi connectivity index (χ2v) is 7.52. The van der Waals surface area contributed by atoms with Gasteiger partial charge in [-0.2, -0.15) is 0 Å². The lowest BCUT2D eigenvalue weighted by molar-refractivity contribution is -0.384. The molecule has 1 fully saturated rings. The summed E-state index contributed by atoms with van der Waals surface area (Å²) in [6.07, 6.45) is 0. The average Bonchev–Trinajstić information content (AvgIpc) is 3.20. The number of aromatic nitrogens is 2. The highest BCUT2D eigenvalue weighted by Crippen LogP contribution is 2.26. The van der Waals surface area contributed by atoms with Crippen molar-refractivity contribution in [3.63, 3.8) is 0 Å². The number of anilines is 1. The fourth-order valence-electron chi connectivity index (χ4n) is 3.68. The van der Waals surface area contributed by atoms with Crippen LogP contribution in [-0.2, 0) is 4.74 Å². The van der Waals surface area contributed by atoms with Gasteiger partial charge in [0.2, 0.25) is 0 Å². The van der Waals surface area contributed by atoms with Crippen molar-refractivity contribution in [2.24, 2.45) is 0 Å². The van der Waals surface area contributed by atoms with Crippen LogP contribution in [0.4, 0.5) is 11.5 Å². The Labute approximate surface area is 180 Å². The molecule has 162 valence electrons. The highest BCUT2D eigenvalue weighted by atomic mass is 16.6. The Balaban J connectivity index is 1.56. The van der Waals surface area contributed by atoms with E-state index in [2.05, 4.69) is 20.2 Å². The number of nitro groups is 1. The zero-order valence-corrected chi connectivity index (χ0v) is 17.6. The van der Waals surface area contributed by atoms with E-state index in [-0.39, 0.29) is 11.7 Å². The highest BCUT2D eigenvalue weighted by Gasteiger charge is 2.25. The first-order valence-corrected chi connectivity index (χ1v) is 10.2. The number of benzene rings is 1. The van der Waals surface area contributed by atoms with Gasteiger partial charge < -0.3 is 14.5 Å². The molecule has 0 spiro atoms. The van der Waals surface area contributed by atoms with Crippen LogP contribution in [0, 0.1) is 24.0 Å². The van der Waals surface area contributed by atoms with Gasteiger partial charge in [0.25, 0.3) is 5.69 Å². The number of rotatable bonds is 7. The van der Waals surface area contributed by atoms with Crippen LogP contribution in [0.2, 0.25) is 0 Å². The third-order valence-corrected chi connectivity index (χ3v) is 5.22. The van der Waals surface area contributed by atoms with Gasteiger partial charge in [-0.1, -0.05) is 12.1 Å². The van der Waals surface area contributed by atoms with Crippen molar-refractivity contribution in [1.82, 2.24) is 14.9 Å². The van der Waals surface area contributed by atoms with Gasteiger partial charge >= 0.3 is 0 Å². The lowest BCUT2D eigenvalue weighted by Crippen LogP contribution is -2.41. The monoisotopic (exact) mass is 423 g/mol. The summed E-state index contributed by atoms with van der Waals surface area (Å²) in [6, 6.07) is 12.2. The standard InChI is InChI=1S/C22H25N5O4/c1-15-12-21(25-22(24-15)17-4-3-5-18(13-17)27(28)29)23-14-19(20-7-6-16(2)31-20)26-8-10-30-11-9-26/h3-7,12-13,19H,8-11,14H2,1-2H3,(H,23,24,25)/t19-/m0/s1. The first-order chi connectivity index (χ1) is 15.0. The molecule has 4 rings (SSSR count). The molecule has 1 N–H and O–H groups in total. The number of nitrogens with one attached hydrogen (secondary N) is 1. The second-order valence-electron chi connectivity index (χ2n) is 7.52. The number of furan rings is 1. The molecule has 0 bridgehead atoms. The largest absolute Gasteiger partial charge is 0.465 e. The van der Waals surface area contributed by atoms with Crippen molar-refractivity contribution >= 4 is 11.5 Å². The molecule has 0 amide bonds. The summed E-state index contributed by atoms with van der Waals surface area (Å²) < 4.78 is 11.4. The Hall–Kier alpha value is -3.30. The number of nitro benzene ring substituents is 1. The van der Waals surface area contributed by atoms with Gasteiger partial charge in [-0.25, -0.2) is 9.97 Å². The minimum Gasteiger partial charge on any atom is -0.465 e. The molecule has 0 unspecified atom stereocenters. The fraction of sp³-hybridized carbons (Fsp3) is 0.364. The summed E-state index contributed by atoms with van der Waals surface area (Å²) in [5.41, 5.74) is 1.39. The molecule has 2 aromatic heterocycles. The van der Waals surface area contributed by atoms with Gasteiger partial charge in [0.05, 0.1) is 24.2 Å². The molecule has 3 aromatic rings. The Bertz CT molecular complexity index is 1060. The quantitative estimate of drug-likeness (QED) is 0.452. The van der Waals surface area contributed by atoms with E-state index in [4.69, 9.17) is 9.15 Å². The molecule has 3 heterocycles. The predicted molar refractivity (Wildman–Crippen MR) is 116 cm³/mol. The molecule has 9 heteroatoms. The maximum atomic E-state index is 11.1. The topological polar surface area (TPSA) is 107 Å². The molecule has 0 radical (unpaired) electrons. The average molecular weight is 423 g/mol. The summed E-state index contributed by atoms with van der Waals surface area (Å²) in [5, 5.41) is 14.5.